The summed E-state index contributed by atoms with van der Waals surface area (Å²) in [4.78, 5) is 21.2. The second-order valence-electron chi connectivity index (χ2n) is 12.3. The number of esters is 1. The lowest BCUT2D eigenvalue weighted by Gasteiger charge is -2.47. The molecule has 1 unspecified atom stereocenters. The Bertz CT molecular complexity index is 1280. The average Bonchev–Trinajstić information content (AvgIpc) is 3.37. The van der Waals surface area contributed by atoms with Crippen molar-refractivity contribution in [3.05, 3.63) is 65.2 Å². The Morgan fingerprint density at radius 3 is 2.55 bits per heavy atom. The van der Waals surface area contributed by atoms with Gasteiger partial charge in [-0.15, -0.1) is 24.8 Å². The van der Waals surface area contributed by atoms with Gasteiger partial charge in [-0.3, -0.25) is 0 Å². The molecule has 2 aliphatic rings. The van der Waals surface area contributed by atoms with E-state index >= 15 is 0 Å². The fraction of sp³-hybridized carbons (Fsp3) is 0.576. The van der Waals surface area contributed by atoms with E-state index in [1.807, 2.05) is 18.2 Å². The fourth-order valence-electron chi connectivity index (χ4n) is 7.40. The summed E-state index contributed by atoms with van der Waals surface area (Å²) in [5.74, 6) is 1.88. The molecule has 1 aromatic heterocycles. The number of H-pyrrole nitrogens is 1. The van der Waals surface area contributed by atoms with Crippen molar-refractivity contribution in [2.24, 2.45) is 11.8 Å². The Labute approximate surface area is 261 Å². The van der Waals surface area contributed by atoms with Crippen LogP contribution in [-0.4, -0.2) is 47.8 Å². The summed E-state index contributed by atoms with van der Waals surface area (Å²) in [6.45, 7) is 7.30. The number of para-hydroxylation sites is 2. The van der Waals surface area contributed by atoms with Gasteiger partial charge in [-0.2, -0.15) is 0 Å². The molecule has 232 valence electrons. The number of hydrogen-bond acceptors (Lipinski definition) is 5. The Kier molecular flexibility index (Phi) is 12.3. The summed E-state index contributed by atoms with van der Waals surface area (Å²) >= 11 is 0. The molecule has 1 fully saturated rings. The molecule has 0 aliphatic heterocycles. The Morgan fingerprint density at radius 2 is 1.86 bits per heavy atom. The van der Waals surface area contributed by atoms with Gasteiger partial charge < -0.3 is 19.8 Å². The van der Waals surface area contributed by atoms with Crippen molar-refractivity contribution in [2.75, 3.05) is 20.3 Å². The molecule has 0 saturated heterocycles. The zero-order chi connectivity index (χ0) is 28.3. The number of halogens is 3. The lowest BCUT2D eigenvalue weighted by molar-refractivity contribution is -0.171. The number of aryl methyl sites for hydroxylation is 1. The van der Waals surface area contributed by atoms with Crippen LogP contribution >= 0.6 is 24.8 Å². The molecule has 6 nitrogen and oxygen atoms in total. The molecule has 0 spiro atoms. The van der Waals surface area contributed by atoms with E-state index in [1.54, 1.807) is 6.07 Å². The van der Waals surface area contributed by atoms with Crippen LogP contribution in [0.5, 0.6) is 0 Å². The number of nitrogens with zero attached hydrogens (tertiary/aromatic N) is 1. The Hall–Kier alpha value is -2.19. The third-order valence-corrected chi connectivity index (χ3v) is 9.36. The van der Waals surface area contributed by atoms with E-state index in [2.05, 4.69) is 43.2 Å². The Balaban J connectivity index is 0.00000242. The van der Waals surface area contributed by atoms with Crippen LogP contribution in [0.15, 0.2) is 42.5 Å². The SMILES string of the molecule is COCC(=O)O[C@]1(CCNC(C)C2CCC(c3nc4ccccc4[nH]3)CC2)CCc2cc(F)ccc2[C@@H]1C(C)C.Cl.Cl. The molecule has 42 heavy (non-hydrogen) atoms. The standard InChI is InChI=1S/C33H44FN3O3.2ClH/c1-21(2)31-27-14-13-26(34)19-25(27)15-16-33(31,40-30(38)20-39-4)17-18-35-22(3)23-9-11-24(12-10-23)32-36-28-7-5-6-8-29(28)37-32;;/h5-8,13-14,19,21-24,31,35H,9-12,15-18,20H2,1-4H3,(H,36,37);2*1H/t22?,23?,24?,31-,33-;;/m0../s1. The monoisotopic (exact) mass is 621 g/mol. The number of benzene rings is 2. The van der Waals surface area contributed by atoms with Crippen LogP contribution in [0.3, 0.4) is 0 Å². The van der Waals surface area contributed by atoms with E-state index < -0.39 is 5.60 Å². The molecule has 9 heteroatoms. The van der Waals surface area contributed by atoms with E-state index in [9.17, 15) is 9.18 Å². The van der Waals surface area contributed by atoms with E-state index in [1.165, 1.54) is 13.2 Å². The van der Waals surface area contributed by atoms with Gasteiger partial charge in [0.1, 0.15) is 23.8 Å². The highest BCUT2D eigenvalue weighted by atomic mass is 35.5. The van der Waals surface area contributed by atoms with Crippen molar-refractivity contribution in [3.8, 4) is 0 Å². The number of nitrogens with one attached hydrogen (secondary N) is 2. The first-order chi connectivity index (χ1) is 19.3. The van der Waals surface area contributed by atoms with Gasteiger partial charge in [0.05, 0.1) is 11.0 Å². The number of aromatic nitrogens is 2. The van der Waals surface area contributed by atoms with E-state index in [4.69, 9.17) is 14.5 Å². The van der Waals surface area contributed by atoms with Crippen LogP contribution in [0, 0.1) is 17.7 Å². The second-order valence-corrected chi connectivity index (χ2v) is 12.3. The van der Waals surface area contributed by atoms with Crippen LogP contribution in [0.25, 0.3) is 11.0 Å². The van der Waals surface area contributed by atoms with Gasteiger partial charge in [-0.25, -0.2) is 14.2 Å². The molecule has 5 rings (SSSR count). The highest BCUT2D eigenvalue weighted by Crippen LogP contribution is 2.48. The lowest BCUT2D eigenvalue weighted by atomic mass is 9.65. The van der Waals surface area contributed by atoms with Crippen molar-refractivity contribution < 1.29 is 18.7 Å². The first-order valence-electron chi connectivity index (χ1n) is 15.0. The molecule has 1 heterocycles. The largest absolute Gasteiger partial charge is 0.457 e. The van der Waals surface area contributed by atoms with Gasteiger partial charge in [0.2, 0.25) is 0 Å². The summed E-state index contributed by atoms with van der Waals surface area (Å²) in [6, 6.07) is 13.7. The summed E-state index contributed by atoms with van der Waals surface area (Å²) in [6.07, 6.45) is 6.68. The summed E-state index contributed by atoms with van der Waals surface area (Å²) in [5.41, 5.74) is 3.64. The maximum atomic E-state index is 14.0. The minimum atomic E-state index is -0.652. The molecule has 2 aliphatic carbocycles. The van der Waals surface area contributed by atoms with Gasteiger partial charge >= 0.3 is 5.97 Å². The van der Waals surface area contributed by atoms with Gasteiger partial charge in [0.15, 0.2) is 0 Å². The van der Waals surface area contributed by atoms with Crippen molar-refractivity contribution in [1.29, 1.82) is 0 Å². The maximum absolute atomic E-state index is 14.0. The molecule has 3 aromatic rings. The fourth-order valence-corrected chi connectivity index (χ4v) is 7.40. The molecule has 1 saturated carbocycles. The smallest absolute Gasteiger partial charge is 0.332 e. The lowest BCUT2D eigenvalue weighted by Crippen LogP contribution is -2.49. The predicted molar refractivity (Wildman–Crippen MR) is 170 cm³/mol. The molecule has 0 amide bonds. The summed E-state index contributed by atoms with van der Waals surface area (Å²) < 4.78 is 25.4. The number of imidazole rings is 1. The third-order valence-electron chi connectivity index (χ3n) is 9.36. The third kappa shape index (κ3) is 7.47. The van der Waals surface area contributed by atoms with Gasteiger partial charge in [-0.1, -0.05) is 32.0 Å². The quantitative estimate of drug-likeness (QED) is 0.229. The van der Waals surface area contributed by atoms with Gasteiger partial charge in [0, 0.05) is 31.4 Å². The van der Waals surface area contributed by atoms with Crippen LogP contribution in [0.4, 0.5) is 4.39 Å². The number of carbonyl (C=O) groups excluding carboxylic acids is 1. The molecule has 2 aromatic carbocycles. The minimum absolute atomic E-state index is 0. The average molecular weight is 623 g/mol. The molecular weight excluding hydrogens is 576 g/mol. The number of ether oxygens (including phenoxy) is 2. The molecule has 0 radical (unpaired) electrons. The number of aromatic amines is 1. The molecule has 3 atom stereocenters. The van der Waals surface area contributed by atoms with Gasteiger partial charge in [-0.05, 0) is 99.2 Å². The zero-order valence-corrected chi connectivity index (χ0v) is 26.8. The number of carbonyl (C=O) groups is 1. The van der Waals surface area contributed by atoms with E-state index in [0.717, 1.165) is 60.2 Å². The first-order valence-corrected chi connectivity index (χ1v) is 15.0. The van der Waals surface area contributed by atoms with Crippen molar-refractivity contribution in [1.82, 2.24) is 15.3 Å². The number of hydrogen-bond donors (Lipinski definition) is 2. The summed E-state index contributed by atoms with van der Waals surface area (Å²) in [7, 11) is 1.51. The molecular formula is C33H46Cl2FN3O3. The van der Waals surface area contributed by atoms with Crippen molar-refractivity contribution >= 4 is 41.8 Å². The van der Waals surface area contributed by atoms with Crippen LogP contribution < -0.4 is 5.32 Å². The van der Waals surface area contributed by atoms with E-state index in [-0.39, 0.29) is 55.0 Å². The van der Waals surface area contributed by atoms with Crippen LogP contribution in [-0.2, 0) is 20.7 Å². The zero-order valence-electron chi connectivity index (χ0n) is 25.2. The van der Waals surface area contributed by atoms with Gasteiger partial charge in [0.25, 0.3) is 0 Å². The highest BCUT2D eigenvalue weighted by Gasteiger charge is 2.47. The van der Waals surface area contributed by atoms with Crippen LogP contribution in [0.1, 0.15) is 88.1 Å². The molecule has 0 bridgehead atoms. The Morgan fingerprint density at radius 1 is 1.12 bits per heavy atom. The number of fused-ring (bicyclic) bond motifs is 2. The second kappa shape index (κ2) is 15.0. The van der Waals surface area contributed by atoms with E-state index in [0.29, 0.717) is 37.1 Å². The topological polar surface area (TPSA) is 76.2 Å². The predicted octanol–water partition coefficient (Wildman–Crippen LogP) is 7.50. The first kappa shape index (κ1) is 34.3. The number of methoxy groups -OCH3 is 1. The van der Waals surface area contributed by atoms with Crippen molar-refractivity contribution in [2.45, 2.75) is 89.2 Å². The highest BCUT2D eigenvalue weighted by molar-refractivity contribution is 5.85. The summed E-state index contributed by atoms with van der Waals surface area (Å²) in [5, 5.41) is 3.79. The van der Waals surface area contributed by atoms with Crippen LogP contribution in [0.2, 0.25) is 0 Å². The minimum Gasteiger partial charge on any atom is -0.457 e. The normalized spacial score (nSPS) is 24.4. The maximum Gasteiger partial charge on any atom is 0.332 e. The number of rotatable bonds is 10. The molecule has 2 N–H and O–H groups in total. The van der Waals surface area contributed by atoms with Crippen molar-refractivity contribution in [3.63, 3.8) is 0 Å².